The number of nitrogens with two attached hydrogens (primary N) is 1. The summed E-state index contributed by atoms with van der Waals surface area (Å²) in [5.74, 6) is -0.739. The van der Waals surface area contributed by atoms with Gasteiger partial charge in [-0.1, -0.05) is 13.8 Å². The number of hydrogen-bond donors (Lipinski definition) is 3. The van der Waals surface area contributed by atoms with E-state index in [9.17, 15) is 14.4 Å². The van der Waals surface area contributed by atoms with E-state index >= 15 is 0 Å². The summed E-state index contributed by atoms with van der Waals surface area (Å²) in [6.07, 6.45) is 0. The van der Waals surface area contributed by atoms with Crippen molar-refractivity contribution in [3.8, 4) is 0 Å². The van der Waals surface area contributed by atoms with Crippen LogP contribution in [-0.4, -0.2) is 30.2 Å². The van der Waals surface area contributed by atoms with Crippen LogP contribution in [0.4, 0.5) is 5.69 Å². The lowest BCUT2D eigenvalue weighted by atomic mass is 10.1. The van der Waals surface area contributed by atoms with Gasteiger partial charge in [-0.3, -0.25) is 14.4 Å². The SMILES string of the molecule is CC(=O)c1ccc(NC(=O)CNC(=O)[C@@H](N)C(C)C)cc1. The number of hydrogen-bond acceptors (Lipinski definition) is 4. The van der Waals surface area contributed by atoms with Crippen LogP contribution in [0.25, 0.3) is 0 Å². The van der Waals surface area contributed by atoms with Crippen molar-refractivity contribution in [1.82, 2.24) is 5.32 Å². The van der Waals surface area contributed by atoms with Crippen molar-refractivity contribution in [3.63, 3.8) is 0 Å². The van der Waals surface area contributed by atoms with Gasteiger partial charge in [-0.25, -0.2) is 0 Å². The molecule has 114 valence electrons. The predicted octanol–water partition coefficient (Wildman–Crippen LogP) is 0.927. The average molecular weight is 291 g/mol. The molecule has 6 heteroatoms. The molecular weight excluding hydrogens is 270 g/mol. The Morgan fingerprint density at radius 2 is 1.71 bits per heavy atom. The van der Waals surface area contributed by atoms with Crippen molar-refractivity contribution in [3.05, 3.63) is 29.8 Å². The normalized spacial score (nSPS) is 11.9. The zero-order valence-electron chi connectivity index (χ0n) is 12.5. The molecule has 0 aromatic heterocycles. The number of ketones is 1. The molecule has 1 atom stereocenters. The fourth-order valence-corrected chi connectivity index (χ4v) is 1.58. The van der Waals surface area contributed by atoms with Gasteiger partial charge in [0.1, 0.15) is 0 Å². The van der Waals surface area contributed by atoms with Gasteiger partial charge in [-0.2, -0.15) is 0 Å². The quantitative estimate of drug-likeness (QED) is 0.678. The number of benzene rings is 1. The Morgan fingerprint density at radius 3 is 2.19 bits per heavy atom. The van der Waals surface area contributed by atoms with Gasteiger partial charge < -0.3 is 16.4 Å². The van der Waals surface area contributed by atoms with E-state index in [1.54, 1.807) is 24.3 Å². The fraction of sp³-hybridized carbons (Fsp3) is 0.400. The number of anilines is 1. The monoisotopic (exact) mass is 291 g/mol. The second-order valence-corrected chi connectivity index (χ2v) is 5.17. The Kier molecular flexibility index (Phi) is 6.05. The summed E-state index contributed by atoms with van der Waals surface area (Å²) in [5.41, 5.74) is 6.80. The van der Waals surface area contributed by atoms with Crippen molar-refractivity contribution in [2.24, 2.45) is 11.7 Å². The van der Waals surface area contributed by atoms with Crippen molar-refractivity contribution in [2.45, 2.75) is 26.8 Å². The van der Waals surface area contributed by atoms with Crippen LogP contribution in [0.1, 0.15) is 31.1 Å². The minimum absolute atomic E-state index is 0.00665. The molecule has 0 aliphatic rings. The van der Waals surface area contributed by atoms with E-state index in [0.717, 1.165) is 0 Å². The Balaban J connectivity index is 2.47. The molecule has 0 saturated heterocycles. The first kappa shape index (κ1) is 16.8. The van der Waals surface area contributed by atoms with Crippen LogP contribution < -0.4 is 16.4 Å². The van der Waals surface area contributed by atoms with Crippen molar-refractivity contribution in [1.29, 1.82) is 0 Å². The molecule has 0 aliphatic heterocycles. The summed E-state index contributed by atoms with van der Waals surface area (Å²) >= 11 is 0. The summed E-state index contributed by atoms with van der Waals surface area (Å²) < 4.78 is 0. The third kappa shape index (κ3) is 5.35. The van der Waals surface area contributed by atoms with Gasteiger partial charge in [-0.15, -0.1) is 0 Å². The number of Topliss-reactive ketones (excluding diaryl/α,β-unsaturated/α-hetero) is 1. The molecule has 1 rings (SSSR count). The molecule has 2 amide bonds. The van der Waals surface area contributed by atoms with Crippen LogP contribution in [0, 0.1) is 5.92 Å². The van der Waals surface area contributed by atoms with E-state index in [4.69, 9.17) is 5.73 Å². The van der Waals surface area contributed by atoms with E-state index in [1.807, 2.05) is 13.8 Å². The van der Waals surface area contributed by atoms with Crippen LogP contribution in [-0.2, 0) is 9.59 Å². The van der Waals surface area contributed by atoms with E-state index < -0.39 is 6.04 Å². The van der Waals surface area contributed by atoms with E-state index in [1.165, 1.54) is 6.92 Å². The van der Waals surface area contributed by atoms with Crippen LogP contribution in [0.3, 0.4) is 0 Å². The number of rotatable bonds is 6. The smallest absolute Gasteiger partial charge is 0.243 e. The first-order chi connectivity index (χ1) is 9.81. The van der Waals surface area contributed by atoms with Crippen molar-refractivity contribution in [2.75, 3.05) is 11.9 Å². The van der Waals surface area contributed by atoms with E-state index in [-0.39, 0.29) is 30.1 Å². The Bertz CT molecular complexity index is 523. The highest BCUT2D eigenvalue weighted by Crippen LogP contribution is 2.09. The number of amides is 2. The van der Waals surface area contributed by atoms with Crippen LogP contribution in [0.5, 0.6) is 0 Å². The molecule has 0 fully saturated rings. The van der Waals surface area contributed by atoms with Crippen LogP contribution in [0.15, 0.2) is 24.3 Å². The second-order valence-electron chi connectivity index (χ2n) is 5.17. The highest BCUT2D eigenvalue weighted by molar-refractivity contribution is 5.97. The molecule has 1 aromatic carbocycles. The molecule has 0 aliphatic carbocycles. The maximum atomic E-state index is 11.7. The maximum Gasteiger partial charge on any atom is 0.243 e. The van der Waals surface area contributed by atoms with Gasteiger partial charge in [0.05, 0.1) is 12.6 Å². The number of carbonyl (C=O) groups excluding carboxylic acids is 3. The minimum atomic E-state index is -0.632. The van der Waals surface area contributed by atoms with Crippen LogP contribution in [0.2, 0.25) is 0 Å². The molecule has 1 aromatic rings. The van der Waals surface area contributed by atoms with Gasteiger partial charge in [0.2, 0.25) is 11.8 Å². The Labute approximate surface area is 124 Å². The molecule has 0 unspecified atom stereocenters. The highest BCUT2D eigenvalue weighted by Gasteiger charge is 2.17. The van der Waals surface area contributed by atoms with Gasteiger partial charge in [0, 0.05) is 11.3 Å². The molecule has 0 saturated carbocycles. The molecule has 0 spiro atoms. The topological polar surface area (TPSA) is 101 Å². The summed E-state index contributed by atoms with van der Waals surface area (Å²) in [6, 6.07) is 5.90. The number of nitrogens with one attached hydrogen (secondary N) is 2. The molecular formula is C15H21N3O3. The summed E-state index contributed by atoms with van der Waals surface area (Å²) in [6.45, 7) is 5.00. The van der Waals surface area contributed by atoms with Crippen molar-refractivity contribution >= 4 is 23.3 Å². The first-order valence-corrected chi connectivity index (χ1v) is 6.75. The number of carbonyl (C=O) groups is 3. The lowest BCUT2D eigenvalue weighted by Gasteiger charge is -2.15. The van der Waals surface area contributed by atoms with Gasteiger partial charge >= 0.3 is 0 Å². The summed E-state index contributed by atoms with van der Waals surface area (Å²) in [5, 5.41) is 5.11. The van der Waals surface area contributed by atoms with Crippen LogP contribution >= 0.6 is 0 Å². The van der Waals surface area contributed by atoms with Gasteiger partial charge in [0.25, 0.3) is 0 Å². The Morgan fingerprint density at radius 1 is 1.14 bits per heavy atom. The Hall–Kier alpha value is -2.21. The standard InChI is InChI=1S/C15H21N3O3/c1-9(2)14(16)15(21)17-8-13(20)18-12-6-4-11(5-7-12)10(3)19/h4-7,9,14H,8,16H2,1-3H3,(H,17,21)(H,18,20)/t14-/m0/s1. The molecule has 21 heavy (non-hydrogen) atoms. The van der Waals surface area contributed by atoms with Gasteiger partial charge in [-0.05, 0) is 37.1 Å². The molecule has 6 nitrogen and oxygen atoms in total. The third-order valence-electron chi connectivity index (χ3n) is 3.02. The first-order valence-electron chi connectivity index (χ1n) is 6.75. The predicted molar refractivity (Wildman–Crippen MR) is 80.9 cm³/mol. The lowest BCUT2D eigenvalue weighted by Crippen LogP contribution is -2.46. The van der Waals surface area contributed by atoms with Crippen molar-refractivity contribution < 1.29 is 14.4 Å². The summed E-state index contributed by atoms with van der Waals surface area (Å²) in [7, 11) is 0. The van der Waals surface area contributed by atoms with E-state index in [0.29, 0.717) is 11.3 Å². The molecule has 0 bridgehead atoms. The highest BCUT2D eigenvalue weighted by atomic mass is 16.2. The largest absolute Gasteiger partial charge is 0.346 e. The maximum absolute atomic E-state index is 11.7. The molecule has 4 N–H and O–H groups in total. The fourth-order valence-electron chi connectivity index (χ4n) is 1.58. The zero-order chi connectivity index (χ0) is 16.0. The lowest BCUT2D eigenvalue weighted by molar-refractivity contribution is -0.125. The summed E-state index contributed by atoms with van der Waals surface area (Å²) in [4.78, 5) is 34.4. The average Bonchev–Trinajstić information content (AvgIpc) is 2.44. The van der Waals surface area contributed by atoms with Gasteiger partial charge in [0.15, 0.2) is 5.78 Å². The second kappa shape index (κ2) is 7.54. The third-order valence-corrected chi connectivity index (χ3v) is 3.02. The zero-order valence-corrected chi connectivity index (χ0v) is 12.5. The molecule has 0 heterocycles. The van der Waals surface area contributed by atoms with E-state index in [2.05, 4.69) is 10.6 Å². The molecule has 0 radical (unpaired) electrons. The minimum Gasteiger partial charge on any atom is -0.346 e.